The lowest BCUT2D eigenvalue weighted by Crippen LogP contribution is -2.48. The minimum atomic E-state index is 0. The smallest absolute Gasteiger partial charge is 0.191 e. The van der Waals surface area contributed by atoms with Crippen LogP contribution in [0.3, 0.4) is 0 Å². The molecule has 154 valence electrons. The molecule has 0 amide bonds. The van der Waals surface area contributed by atoms with Crippen molar-refractivity contribution >= 4 is 29.9 Å². The number of rotatable bonds is 5. The fourth-order valence-electron chi connectivity index (χ4n) is 3.53. The maximum Gasteiger partial charge on any atom is 0.191 e. The van der Waals surface area contributed by atoms with E-state index in [0.29, 0.717) is 18.2 Å². The van der Waals surface area contributed by atoms with Gasteiger partial charge in [-0.2, -0.15) is 5.26 Å². The Morgan fingerprint density at radius 1 is 1.14 bits per heavy atom. The molecule has 29 heavy (non-hydrogen) atoms. The molecule has 1 heterocycles. The van der Waals surface area contributed by atoms with Gasteiger partial charge in [0.05, 0.1) is 11.6 Å². The van der Waals surface area contributed by atoms with E-state index in [1.165, 1.54) is 11.1 Å². The van der Waals surface area contributed by atoms with Gasteiger partial charge in [-0.15, -0.1) is 24.0 Å². The number of hydrogen-bond acceptors (Lipinski definition) is 3. The Bertz CT molecular complexity index is 833. The summed E-state index contributed by atoms with van der Waals surface area (Å²) in [6, 6.07) is 18.9. The average molecular weight is 503 g/mol. The van der Waals surface area contributed by atoms with Crippen LogP contribution >= 0.6 is 24.0 Å². The summed E-state index contributed by atoms with van der Waals surface area (Å²) >= 11 is 0. The number of aliphatic imine (C=N–C) groups is 1. The van der Waals surface area contributed by atoms with E-state index >= 15 is 0 Å². The second-order valence-corrected chi connectivity index (χ2v) is 7.36. The topological polar surface area (TPSA) is 63.5 Å². The third-order valence-corrected chi connectivity index (χ3v) is 5.35. The van der Waals surface area contributed by atoms with Crippen molar-refractivity contribution in [2.75, 3.05) is 20.1 Å². The highest BCUT2D eigenvalue weighted by atomic mass is 127. The number of nitrogens with zero attached hydrogens (tertiary/aromatic N) is 3. The number of halogens is 1. The van der Waals surface area contributed by atoms with E-state index in [1.54, 1.807) is 7.05 Å². The molecule has 0 unspecified atom stereocenters. The second-order valence-electron chi connectivity index (χ2n) is 7.36. The van der Waals surface area contributed by atoms with Gasteiger partial charge >= 0.3 is 0 Å². The van der Waals surface area contributed by atoms with E-state index in [4.69, 9.17) is 5.26 Å². The van der Waals surface area contributed by atoms with Crippen molar-refractivity contribution < 1.29 is 0 Å². The first kappa shape index (κ1) is 23.2. The van der Waals surface area contributed by atoms with Crippen LogP contribution in [-0.4, -0.2) is 37.0 Å². The predicted molar refractivity (Wildman–Crippen MR) is 129 cm³/mol. The molecule has 1 fully saturated rings. The van der Waals surface area contributed by atoms with Crippen molar-refractivity contribution in [2.45, 2.75) is 38.9 Å². The van der Waals surface area contributed by atoms with E-state index in [-0.39, 0.29) is 24.0 Å². The number of likely N-dealkylation sites (tertiary alicyclic amines) is 1. The molecule has 1 aliphatic rings. The first-order valence-corrected chi connectivity index (χ1v) is 9.91. The van der Waals surface area contributed by atoms with Gasteiger partial charge in [0.25, 0.3) is 0 Å². The van der Waals surface area contributed by atoms with E-state index in [0.717, 1.165) is 44.0 Å². The van der Waals surface area contributed by atoms with Gasteiger partial charge in [0.1, 0.15) is 0 Å². The van der Waals surface area contributed by atoms with Crippen LogP contribution in [0.4, 0.5) is 0 Å². The molecule has 0 spiro atoms. The van der Waals surface area contributed by atoms with E-state index < -0.39 is 0 Å². The molecule has 0 aliphatic carbocycles. The largest absolute Gasteiger partial charge is 0.354 e. The average Bonchev–Trinajstić information content (AvgIpc) is 2.74. The normalized spacial score (nSPS) is 15.3. The fraction of sp³-hybridized carbons (Fsp3) is 0.391. The van der Waals surface area contributed by atoms with Gasteiger partial charge < -0.3 is 10.6 Å². The predicted octanol–water partition coefficient (Wildman–Crippen LogP) is 3.81. The molecule has 0 aromatic heterocycles. The van der Waals surface area contributed by atoms with Crippen LogP contribution in [0.1, 0.15) is 35.1 Å². The maximum atomic E-state index is 8.88. The molecular formula is C23H30IN5. The third-order valence-electron chi connectivity index (χ3n) is 5.35. The summed E-state index contributed by atoms with van der Waals surface area (Å²) in [6.07, 6.45) is 2.23. The Hall–Kier alpha value is -2.11. The number of aryl methyl sites for hydroxylation is 1. The van der Waals surface area contributed by atoms with Gasteiger partial charge in [-0.3, -0.25) is 9.89 Å². The molecule has 0 radical (unpaired) electrons. The van der Waals surface area contributed by atoms with Crippen LogP contribution in [0, 0.1) is 18.3 Å². The summed E-state index contributed by atoms with van der Waals surface area (Å²) in [6.45, 7) is 6.10. The molecule has 3 rings (SSSR count). The van der Waals surface area contributed by atoms with Crippen LogP contribution in [0.2, 0.25) is 0 Å². The zero-order valence-corrected chi connectivity index (χ0v) is 19.5. The van der Waals surface area contributed by atoms with Crippen molar-refractivity contribution in [3.05, 3.63) is 70.8 Å². The standard InChI is InChI=1S/C23H29N5.HI/c1-18-5-3-4-6-21(18)17-28-13-11-22(12-14-28)27-23(25-2)26-16-20-9-7-19(15-24)8-10-20;/h3-10,22H,11-14,16-17H2,1-2H3,(H2,25,26,27);1H. The first-order valence-electron chi connectivity index (χ1n) is 9.91. The van der Waals surface area contributed by atoms with Gasteiger partial charge in [0, 0.05) is 39.3 Å². The molecule has 0 bridgehead atoms. The molecule has 0 saturated carbocycles. The number of nitriles is 1. The van der Waals surface area contributed by atoms with Crippen LogP contribution in [0.25, 0.3) is 0 Å². The van der Waals surface area contributed by atoms with Crippen molar-refractivity contribution in [3.63, 3.8) is 0 Å². The van der Waals surface area contributed by atoms with Crippen LogP contribution in [0.5, 0.6) is 0 Å². The van der Waals surface area contributed by atoms with Crippen LogP contribution in [0.15, 0.2) is 53.5 Å². The first-order chi connectivity index (χ1) is 13.7. The van der Waals surface area contributed by atoms with E-state index in [9.17, 15) is 0 Å². The number of nitrogens with one attached hydrogen (secondary N) is 2. The highest BCUT2D eigenvalue weighted by Gasteiger charge is 2.20. The Morgan fingerprint density at radius 3 is 2.45 bits per heavy atom. The second kappa shape index (κ2) is 11.8. The van der Waals surface area contributed by atoms with Crippen molar-refractivity contribution in [3.8, 4) is 6.07 Å². The maximum absolute atomic E-state index is 8.88. The van der Waals surface area contributed by atoms with Crippen molar-refractivity contribution in [2.24, 2.45) is 4.99 Å². The third kappa shape index (κ3) is 7.02. The van der Waals surface area contributed by atoms with Gasteiger partial charge in [0.15, 0.2) is 5.96 Å². The number of hydrogen-bond donors (Lipinski definition) is 2. The zero-order valence-electron chi connectivity index (χ0n) is 17.2. The van der Waals surface area contributed by atoms with Crippen molar-refractivity contribution in [1.82, 2.24) is 15.5 Å². The van der Waals surface area contributed by atoms with Crippen LogP contribution in [-0.2, 0) is 13.1 Å². The Labute approximate surface area is 191 Å². The quantitative estimate of drug-likeness (QED) is 0.370. The lowest BCUT2D eigenvalue weighted by molar-refractivity contribution is 0.198. The number of piperidine rings is 1. The molecule has 0 atom stereocenters. The van der Waals surface area contributed by atoms with Crippen LogP contribution < -0.4 is 10.6 Å². The minimum Gasteiger partial charge on any atom is -0.354 e. The molecule has 2 aromatic rings. The highest BCUT2D eigenvalue weighted by molar-refractivity contribution is 14.0. The summed E-state index contributed by atoms with van der Waals surface area (Å²) in [7, 11) is 1.81. The molecule has 1 aliphatic heterocycles. The Kier molecular flexibility index (Phi) is 9.42. The monoisotopic (exact) mass is 503 g/mol. The fourth-order valence-corrected chi connectivity index (χ4v) is 3.53. The summed E-state index contributed by atoms with van der Waals surface area (Å²) in [5.74, 6) is 0.835. The summed E-state index contributed by atoms with van der Waals surface area (Å²) < 4.78 is 0. The molecule has 1 saturated heterocycles. The molecule has 2 N–H and O–H groups in total. The molecule has 2 aromatic carbocycles. The van der Waals surface area contributed by atoms with Crippen molar-refractivity contribution in [1.29, 1.82) is 5.26 Å². The number of guanidine groups is 1. The SMILES string of the molecule is CN=C(NCc1ccc(C#N)cc1)NC1CCN(Cc2ccccc2C)CC1.I. The van der Waals surface area contributed by atoms with Gasteiger partial charge in [-0.05, 0) is 48.6 Å². The molecular weight excluding hydrogens is 473 g/mol. The van der Waals surface area contributed by atoms with Gasteiger partial charge in [0.2, 0.25) is 0 Å². The van der Waals surface area contributed by atoms with Gasteiger partial charge in [-0.1, -0.05) is 36.4 Å². The highest BCUT2D eigenvalue weighted by Crippen LogP contribution is 2.16. The van der Waals surface area contributed by atoms with Gasteiger partial charge in [-0.25, -0.2) is 0 Å². The lowest BCUT2D eigenvalue weighted by Gasteiger charge is -2.33. The van der Waals surface area contributed by atoms with E-state index in [2.05, 4.69) is 57.8 Å². The molecule has 6 heteroatoms. The summed E-state index contributed by atoms with van der Waals surface area (Å²) in [5.41, 5.74) is 4.61. The Morgan fingerprint density at radius 2 is 1.83 bits per heavy atom. The summed E-state index contributed by atoms with van der Waals surface area (Å²) in [4.78, 5) is 6.89. The zero-order chi connectivity index (χ0) is 19.8. The Balaban J connectivity index is 0.00000300. The van der Waals surface area contributed by atoms with E-state index in [1.807, 2.05) is 24.3 Å². The lowest BCUT2D eigenvalue weighted by atomic mass is 10.0. The molecule has 5 nitrogen and oxygen atoms in total. The minimum absolute atomic E-state index is 0. The number of benzene rings is 2. The summed E-state index contributed by atoms with van der Waals surface area (Å²) in [5, 5.41) is 15.8.